The summed E-state index contributed by atoms with van der Waals surface area (Å²) in [6.45, 7) is 1.84. The molecule has 0 amide bonds. The molecule has 1 aliphatic carbocycles. The summed E-state index contributed by atoms with van der Waals surface area (Å²) in [7, 11) is 0. The predicted molar refractivity (Wildman–Crippen MR) is 40.6 cm³/mol. The molecular weight excluding hydrogens is 160 g/mol. The van der Waals surface area contributed by atoms with Crippen LogP contribution in [0.1, 0.15) is 13.3 Å². The minimum absolute atomic E-state index is 0.0225. The van der Waals surface area contributed by atoms with Crippen molar-refractivity contribution in [3.8, 4) is 0 Å². The number of hydrogen-bond donors (Lipinski definition) is 2. The molecule has 0 bridgehead atoms. The third-order valence-electron chi connectivity index (χ3n) is 2.14. The first-order chi connectivity index (χ1) is 5.57. The molecule has 0 fully saturated rings. The zero-order valence-electron chi connectivity index (χ0n) is 6.65. The molecule has 4 nitrogen and oxygen atoms in total. The molecule has 66 valence electrons. The summed E-state index contributed by atoms with van der Waals surface area (Å²) in [5.74, 6) is -3.06. The van der Waals surface area contributed by atoms with E-state index in [1.165, 1.54) is 6.08 Å². The van der Waals surface area contributed by atoms with Gasteiger partial charge in [-0.3, -0.25) is 4.79 Å². The van der Waals surface area contributed by atoms with Crippen LogP contribution in [0.5, 0.6) is 0 Å². The van der Waals surface area contributed by atoms with Gasteiger partial charge in [0.2, 0.25) is 0 Å². The first kappa shape index (κ1) is 8.77. The van der Waals surface area contributed by atoms with Crippen LogP contribution in [0, 0.1) is 11.8 Å². The summed E-state index contributed by atoms with van der Waals surface area (Å²) < 4.78 is 0. The van der Waals surface area contributed by atoms with Crippen LogP contribution in [0.4, 0.5) is 0 Å². The number of rotatable bonds is 3. The first-order valence-corrected chi connectivity index (χ1v) is 3.75. The van der Waals surface area contributed by atoms with Crippen LogP contribution in [0.2, 0.25) is 0 Å². The zero-order chi connectivity index (χ0) is 9.30. The van der Waals surface area contributed by atoms with E-state index < -0.39 is 17.9 Å². The SMILES string of the molecule is CCC1C=C(C(=O)O)C1C(=O)O. The smallest absolute Gasteiger partial charge is 0.332 e. The van der Waals surface area contributed by atoms with Crippen LogP contribution in [0.3, 0.4) is 0 Å². The topological polar surface area (TPSA) is 74.6 Å². The Bertz CT molecular complexity index is 254. The van der Waals surface area contributed by atoms with Crippen LogP contribution in [-0.2, 0) is 9.59 Å². The fraction of sp³-hybridized carbons (Fsp3) is 0.500. The standard InChI is InChI=1S/C8H10O4/c1-2-4-3-5(7(9)10)6(4)8(11)12/h3-4,6H,2H2,1H3,(H,9,10)(H,11,12). The highest BCUT2D eigenvalue weighted by molar-refractivity contribution is 5.96. The lowest BCUT2D eigenvalue weighted by Gasteiger charge is -2.29. The second kappa shape index (κ2) is 2.97. The lowest BCUT2D eigenvalue weighted by atomic mass is 9.73. The highest BCUT2D eigenvalue weighted by Crippen LogP contribution is 2.35. The molecule has 0 aromatic carbocycles. The zero-order valence-corrected chi connectivity index (χ0v) is 6.65. The fourth-order valence-corrected chi connectivity index (χ4v) is 1.42. The van der Waals surface area contributed by atoms with Crippen LogP contribution in [-0.4, -0.2) is 22.2 Å². The van der Waals surface area contributed by atoms with Gasteiger partial charge in [0.15, 0.2) is 0 Å². The molecule has 0 spiro atoms. The summed E-state index contributed by atoms with van der Waals surface area (Å²) in [6, 6.07) is 0. The predicted octanol–water partition coefficient (Wildman–Crippen LogP) is 0.738. The van der Waals surface area contributed by atoms with Gasteiger partial charge < -0.3 is 10.2 Å². The van der Waals surface area contributed by atoms with Crippen molar-refractivity contribution >= 4 is 11.9 Å². The van der Waals surface area contributed by atoms with Gasteiger partial charge in [-0.15, -0.1) is 0 Å². The van der Waals surface area contributed by atoms with Crippen LogP contribution < -0.4 is 0 Å². The Labute approximate surface area is 69.5 Å². The number of carbonyl (C=O) groups is 2. The molecule has 1 rings (SSSR count). The van der Waals surface area contributed by atoms with Gasteiger partial charge in [0.05, 0.1) is 5.92 Å². The maximum absolute atomic E-state index is 10.6. The van der Waals surface area contributed by atoms with E-state index in [4.69, 9.17) is 10.2 Å². The monoisotopic (exact) mass is 170 g/mol. The second-order valence-electron chi connectivity index (χ2n) is 2.82. The largest absolute Gasteiger partial charge is 0.481 e. The Kier molecular flexibility index (Phi) is 2.17. The van der Waals surface area contributed by atoms with Gasteiger partial charge in [-0.25, -0.2) is 4.79 Å². The van der Waals surface area contributed by atoms with E-state index >= 15 is 0 Å². The average molecular weight is 170 g/mol. The van der Waals surface area contributed by atoms with Gasteiger partial charge in [0.1, 0.15) is 0 Å². The molecule has 1 aliphatic rings. The molecule has 2 unspecified atom stereocenters. The molecule has 0 aromatic heterocycles. The summed E-state index contributed by atoms with van der Waals surface area (Å²) in [5.41, 5.74) is 0.0225. The van der Waals surface area contributed by atoms with Gasteiger partial charge in [-0.2, -0.15) is 0 Å². The van der Waals surface area contributed by atoms with Crippen molar-refractivity contribution in [2.75, 3.05) is 0 Å². The van der Waals surface area contributed by atoms with Crippen molar-refractivity contribution in [3.05, 3.63) is 11.6 Å². The summed E-state index contributed by atoms with van der Waals surface area (Å²) in [5, 5.41) is 17.2. The van der Waals surface area contributed by atoms with E-state index in [2.05, 4.69) is 0 Å². The van der Waals surface area contributed by atoms with Gasteiger partial charge in [0.25, 0.3) is 0 Å². The number of allylic oxidation sites excluding steroid dienone is 1. The lowest BCUT2D eigenvalue weighted by molar-refractivity contribution is -0.146. The Morgan fingerprint density at radius 2 is 2.08 bits per heavy atom. The minimum Gasteiger partial charge on any atom is -0.481 e. The van der Waals surface area contributed by atoms with Gasteiger partial charge in [0, 0.05) is 5.57 Å². The average Bonchev–Trinajstić information content (AvgIpc) is 1.83. The minimum atomic E-state index is -1.12. The van der Waals surface area contributed by atoms with Crippen LogP contribution in [0.15, 0.2) is 11.6 Å². The molecule has 0 saturated heterocycles. The van der Waals surface area contributed by atoms with Crippen molar-refractivity contribution in [2.45, 2.75) is 13.3 Å². The van der Waals surface area contributed by atoms with Gasteiger partial charge in [-0.05, 0) is 12.3 Å². The molecule has 0 aliphatic heterocycles. The number of aliphatic carboxylic acids is 2. The van der Waals surface area contributed by atoms with E-state index in [9.17, 15) is 9.59 Å². The number of hydrogen-bond acceptors (Lipinski definition) is 2. The Morgan fingerprint density at radius 1 is 1.50 bits per heavy atom. The van der Waals surface area contributed by atoms with Crippen molar-refractivity contribution < 1.29 is 19.8 Å². The molecule has 4 heteroatoms. The lowest BCUT2D eigenvalue weighted by Crippen LogP contribution is -2.35. The van der Waals surface area contributed by atoms with E-state index in [0.29, 0.717) is 6.42 Å². The molecule has 2 N–H and O–H groups in total. The third kappa shape index (κ3) is 1.20. The molecular formula is C8H10O4. The molecule has 2 atom stereocenters. The van der Waals surface area contributed by atoms with Crippen molar-refractivity contribution in [1.82, 2.24) is 0 Å². The van der Waals surface area contributed by atoms with Crippen LogP contribution >= 0.6 is 0 Å². The highest BCUT2D eigenvalue weighted by atomic mass is 16.4. The molecule has 0 radical (unpaired) electrons. The normalized spacial score (nSPS) is 27.2. The maximum atomic E-state index is 10.6. The third-order valence-corrected chi connectivity index (χ3v) is 2.14. The summed E-state index contributed by atoms with van der Waals surface area (Å²) >= 11 is 0. The van der Waals surface area contributed by atoms with Crippen molar-refractivity contribution in [1.29, 1.82) is 0 Å². The van der Waals surface area contributed by atoms with E-state index in [1.54, 1.807) is 0 Å². The quantitative estimate of drug-likeness (QED) is 0.655. The van der Waals surface area contributed by atoms with Gasteiger partial charge in [-0.1, -0.05) is 13.0 Å². The fourth-order valence-electron chi connectivity index (χ4n) is 1.42. The molecule has 0 heterocycles. The molecule has 0 saturated carbocycles. The van der Waals surface area contributed by atoms with Crippen LogP contribution in [0.25, 0.3) is 0 Å². The Hall–Kier alpha value is -1.32. The summed E-state index contributed by atoms with van der Waals surface area (Å²) in [6.07, 6.45) is 2.19. The number of carboxylic acids is 2. The van der Waals surface area contributed by atoms with E-state index in [1.807, 2.05) is 6.92 Å². The molecule has 0 aromatic rings. The molecule has 12 heavy (non-hydrogen) atoms. The van der Waals surface area contributed by atoms with E-state index in [0.717, 1.165) is 0 Å². The van der Waals surface area contributed by atoms with Crippen molar-refractivity contribution in [2.24, 2.45) is 11.8 Å². The first-order valence-electron chi connectivity index (χ1n) is 3.75. The van der Waals surface area contributed by atoms with E-state index in [-0.39, 0.29) is 11.5 Å². The Balaban J connectivity index is 2.80. The highest BCUT2D eigenvalue weighted by Gasteiger charge is 2.40. The van der Waals surface area contributed by atoms with Crippen molar-refractivity contribution in [3.63, 3.8) is 0 Å². The summed E-state index contributed by atoms with van der Waals surface area (Å²) in [4.78, 5) is 21.0. The maximum Gasteiger partial charge on any atom is 0.332 e. The Morgan fingerprint density at radius 3 is 2.42 bits per heavy atom. The van der Waals surface area contributed by atoms with Gasteiger partial charge >= 0.3 is 11.9 Å². The number of carboxylic acid groups (broad SMARTS) is 2. The second-order valence-corrected chi connectivity index (χ2v) is 2.82.